The maximum atomic E-state index is 12.9. The van der Waals surface area contributed by atoms with Crippen LogP contribution in [0.25, 0.3) is 0 Å². The van der Waals surface area contributed by atoms with Crippen molar-refractivity contribution in [2.45, 2.75) is 45.6 Å². The van der Waals surface area contributed by atoms with Crippen molar-refractivity contribution < 1.29 is 27.5 Å². The molecule has 0 aliphatic carbocycles. The van der Waals surface area contributed by atoms with Crippen molar-refractivity contribution in [3.05, 3.63) is 34.4 Å². The van der Waals surface area contributed by atoms with Gasteiger partial charge in [0.1, 0.15) is 5.60 Å². The molecule has 0 radical (unpaired) electrons. The number of carbonyl (C=O) groups excluding carboxylic acids is 2. The average Bonchev–Trinajstić information content (AvgIpc) is 2.76. The number of benzene rings is 1. The van der Waals surface area contributed by atoms with E-state index in [1.807, 2.05) is 0 Å². The molecule has 120 valence electrons. The quantitative estimate of drug-likeness (QED) is 0.741. The topological polar surface area (TPSA) is 46.6 Å². The molecule has 2 rings (SSSR count). The zero-order chi connectivity index (χ0) is 16.7. The van der Waals surface area contributed by atoms with Gasteiger partial charge in [-0.3, -0.25) is 9.69 Å². The Bertz CT molecular complexity index is 618. The molecule has 1 aliphatic heterocycles. The van der Waals surface area contributed by atoms with Crippen LogP contribution in [0, 0.1) is 0 Å². The second kappa shape index (κ2) is 5.30. The standard InChI is InChI=1S/C15H16F3NO3/c1-14(2,3)22-13(21)19-6-9-4-11(8-20)12(15(16,17)18)5-10(9)7-19/h4-5,8H,6-7H2,1-3H3. The third kappa shape index (κ3) is 3.40. The van der Waals surface area contributed by atoms with Gasteiger partial charge < -0.3 is 4.74 Å². The molecule has 0 spiro atoms. The second-order valence-electron chi connectivity index (χ2n) is 6.16. The van der Waals surface area contributed by atoms with Crippen molar-refractivity contribution in [2.75, 3.05) is 0 Å². The predicted octanol–water partition coefficient (Wildman–Crippen LogP) is 3.77. The van der Waals surface area contributed by atoms with E-state index in [1.165, 1.54) is 11.0 Å². The van der Waals surface area contributed by atoms with Crippen LogP contribution in [0.15, 0.2) is 12.1 Å². The highest BCUT2D eigenvalue weighted by Gasteiger charge is 2.36. The van der Waals surface area contributed by atoms with E-state index in [4.69, 9.17) is 4.74 Å². The lowest BCUT2D eigenvalue weighted by molar-refractivity contribution is -0.137. The lowest BCUT2D eigenvalue weighted by Gasteiger charge is -2.24. The van der Waals surface area contributed by atoms with Gasteiger partial charge in [-0.2, -0.15) is 13.2 Å². The molecule has 0 aromatic heterocycles. The van der Waals surface area contributed by atoms with Crippen LogP contribution in [-0.4, -0.2) is 22.9 Å². The lowest BCUT2D eigenvalue weighted by Crippen LogP contribution is -2.33. The molecule has 1 aliphatic rings. The Morgan fingerprint density at radius 2 is 1.73 bits per heavy atom. The number of carbonyl (C=O) groups is 2. The summed E-state index contributed by atoms with van der Waals surface area (Å²) in [7, 11) is 0. The first-order chi connectivity index (χ1) is 10.0. The van der Waals surface area contributed by atoms with E-state index in [9.17, 15) is 22.8 Å². The fourth-order valence-corrected chi connectivity index (χ4v) is 2.27. The third-order valence-corrected chi connectivity index (χ3v) is 3.18. The van der Waals surface area contributed by atoms with Gasteiger partial charge in [0.25, 0.3) is 0 Å². The van der Waals surface area contributed by atoms with Gasteiger partial charge in [0.2, 0.25) is 0 Å². The van der Waals surface area contributed by atoms with E-state index < -0.39 is 29.0 Å². The molecular formula is C15H16F3NO3. The van der Waals surface area contributed by atoms with Crippen LogP contribution in [-0.2, 0) is 24.0 Å². The summed E-state index contributed by atoms with van der Waals surface area (Å²) in [4.78, 5) is 24.2. The molecule has 4 nitrogen and oxygen atoms in total. The summed E-state index contributed by atoms with van der Waals surface area (Å²) in [6.07, 6.45) is -5.02. The zero-order valence-electron chi connectivity index (χ0n) is 12.5. The summed E-state index contributed by atoms with van der Waals surface area (Å²) in [6.45, 7) is 5.29. The summed E-state index contributed by atoms with van der Waals surface area (Å²) >= 11 is 0. The summed E-state index contributed by atoms with van der Waals surface area (Å²) < 4.78 is 44.0. The molecule has 1 amide bonds. The first kappa shape index (κ1) is 16.3. The van der Waals surface area contributed by atoms with Crippen LogP contribution < -0.4 is 0 Å². The van der Waals surface area contributed by atoms with E-state index in [-0.39, 0.29) is 19.4 Å². The lowest BCUT2D eigenvalue weighted by atomic mass is 10.0. The highest BCUT2D eigenvalue weighted by atomic mass is 19.4. The van der Waals surface area contributed by atoms with Gasteiger partial charge in [-0.05, 0) is 44.0 Å². The third-order valence-electron chi connectivity index (χ3n) is 3.18. The molecule has 0 bridgehead atoms. The molecule has 0 saturated carbocycles. The minimum Gasteiger partial charge on any atom is -0.444 e. The van der Waals surface area contributed by atoms with Crippen LogP contribution in [0.2, 0.25) is 0 Å². The molecule has 1 aromatic rings. The number of aldehydes is 1. The number of fused-ring (bicyclic) bond motifs is 1. The minimum absolute atomic E-state index is 0.0342. The number of hydrogen-bond acceptors (Lipinski definition) is 3. The maximum absolute atomic E-state index is 12.9. The van der Waals surface area contributed by atoms with Crippen molar-refractivity contribution in [2.24, 2.45) is 0 Å². The van der Waals surface area contributed by atoms with Crippen molar-refractivity contribution in [3.63, 3.8) is 0 Å². The van der Waals surface area contributed by atoms with Gasteiger partial charge in [0, 0.05) is 18.7 Å². The molecule has 22 heavy (non-hydrogen) atoms. The van der Waals surface area contributed by atoms with E-state index in [0.29, 0.717) is 11.1 Å². The van der Waals surface area contributed by atoms with Gasteiger partial charge >= 0.3 is 12.3 Å². The molecule has 0 fully saturated rings. The minimum atomic E-state index is -4.61. The van der Waals surface area contributed by atoms with Gasteiger partial charge in [-0.15, -0.1) is 0 Å². The van der Waals surface area contributed by atoms with E-state index >= 15 is 0 Å². The van der Waals surface area contributed by atoms with Gasteiger partial charge in [0.05, 0.1) is 5.56 Å². The van der Waals surface area contributed by atoms with Gasteiger partial charge in [-0.25, -0.2) is 4.79 Å². The van der Waals surface area contributed by atoms with Crippen LogP contribution in [0.4, 0.5) is 18.0 Å². The highest BCUT2D eigenvalue weighted by molar-refractivity contribution is 5.79. The molecule has 0 saturated heterocycles. The molecule has 7 heteroatoms. The SMILES string of the molecule is CC(C)(C)OC(=O)N1Cc2cc(C=O)c(C(F)(F)F)cc2C1. The number of alkyl halides is 3. The van der Waals surface area contributed by atoms with E-state index in [2.05, 4.69) is 0 Å². The number of amides is 1. The van der Waals surface area contributed by atoms with Crippen molar-refractivity contribution in [3.8, 4) is 0 Å². The molecular weight excluding hydrogens is 299 g/mol. The molecule has 0 atom stereocenters. The first-order valence-electron chi connectivity index (χ1n) is 6.67. The Morgan fingerprint density at radius 3 is 2.18 bits per heavy atom. The fourth-order valence-electron chi connectivity index (χ4n) is 2.27. The molecule has 0 unspecified atom stereocenters. The maximum Gasteiger partial charge on any atom is 0.417 e. The fraction of sp³-hybridized carbons (Fsp3) is 0.467. The number of hydrogen-bond donors (Lipinski definition) is 0. The number of halogens is 3. The summed E-state index contributed by atoms with van der Waals surface area (Å²) in [5.41, 5.74) is -1.17. The van der Waals surface area contributed by atoms with Crippen molar-refractivity contribution in [1.82, 2.24) is 4.90 Å². The van der Waals surface area contributed by atoms with Gasteiger partial charge in [0.15, 0.2) is 6.29 Å². The van der Waals surface area contributed by atoms with Crippen LogP contribution in [0.1, 0.15) is 47.8 Å². The van der Waals surface area contributed by atoms with Crippen molar-refractivity contribution >= 4 is 12.4 Å². The number of rotatable bonds is 1. The average molecular weight is 315 g/mol. The second-order valence-corrected chi connectivity index (χ2v) is 6.16. The Balaban J connectivity index is 2.28. The van der Waals surface area contributed by atoms with Crippen LogP contribution in [0.3, 0.4) is 0 Å². The smallest absolute Gasteiger partial charge is 0.417 e. The monoisotopic (exact) mass is 315 g/mol. The first-order valence-corrected chi connectivity index (χ1v) is 6.67. The summed E-state index contributed by atoms with van der Waals surface area (Å²) in [5, 5.41) is 0. The number of ether oxygens (including phenoxy) is 1. The van der Waals surface area contributed by atoms with E-state index in [0.717, 1.165) is 6.07 Å². The Hall–Kier alpha value is -2.05. The molecule has 0 N–H and O–H groups in total. The number of nitrogens with zero attached hydrogens (tertiary/aromatic N) is 1. The highest BCUT2D eigenvalue weighted by Crippen LogP contribution is 2.35. The van der Waals surface area contributed by atoms with Gasteiger partial charge in [-0.1, -0.05) is 0 Å². The Kier molecular flexibility index (Phi) is 3.93. The largest absolute Gasteiger partial charge is 0.444 e. The zero-order valence-corrected chi connectivity index (χ0v) is 12.5. The van der Waals surface area contributed by atoms with Crippen LogP contribution >= 0.6 is 0 Å². The summed E-state index contributed by atoms with van der Waals surface area (Å²) in [6, 6.07) is 2.12. The molecule has 1 heterocycles. The van der Waals surface area contributed by atoms with Crippen LogP contribution in [0.5, 0.6) is 0 Å². The Morgan fingerprint density at radius 1 is 1.18 bits per heavy atom. The Labute approximate surface area is 125 Å². The summed E-state index contributed by atoms with van der Waals surface area (Å²) in [5.74, 6) is 0. The van der Waals surface area contributed by atoms with Crippen molar-refractivity contribution in [1.29, 1.82) is 0 Å². The van der Waals surface area contributed by atoms with E-state index in [1.54, 1.807) is 20.8 Å². The normalized spacial score (nSPS) is 14.7. The predicted molar refractivity (Wildman–Crippen MR) is 72.3 cm³/mol. The molecule has 1 aromatic carbocycles.